The summed E-state index contributed by atoms with van der Waals surface area (Å²) < 4.78 is 13.0. The zero-order valence-electron chi connectivity index (χ0n) is 17.1. The first-order valence-electron chi connectivity index (χ1n) is 10.2. The molecule has 8 nitrogen and oxygen atoms in total. The van der Waals surface area contributed by atoms with Gasteiger partial charge in [0, 0.05) is 57.0 Å². The van der Waals surface area contributed by atoms with Crippen molar-refractivity contribution in [2.24, 2.45) is 0 Å². The summed E-state index contributed by atoms with van der Waals surface area (Å²) in [4.78, 5) is 38.6. The predicted octanol–water partition coefficient (Wildman–Crippen LogP) is 2.84. The minimum absolute atomic E-state index is 0.0222. The minimum Gasteiger partial charge on any atom is -0.385 e. The van der Waals surface area contributed by atoms with Crippen molar-refractivity contribution < 1.29 is 18.9 Å². The topological polar surface area (TPSA) is 95.8 Å². The summed E-state index contributed by atoms with van der Waals surface area (Å²) in [5.41, 5.74) is 1.58. The number of non-ortho nitro benzene ring substituents is 1. The Morgan fingerprint density at radius 3 is 2.10 bits per heavy atom. The highest BCUT2D eigenvalue weighted by atomic mass is 19.1. The first-order chi connectivity index (χ1) is 14.9. The fraction of sp³-hybridized carbons (Fsp3) is 0.364. The van der Waals surface area contributed by atoms with Crippen LogP contribution in [-0.2, 0) is 16.0 Å². The van der Waals surface area contributed by atoms with Crippen molar-refractivity contribution in [2.45, 2.75) is 19.3 Å². The van der Waals surface area contributed by atoms with Crippen LogP contribution in [0.25, 0.3) is 0 Å². The molecule has 0 bridgehead atoms. The molecule has 164 valence electrons. The number of nitro groups is 1. The van der Waals surface area contributed by atoms with Crippen LogP contribution < -0.4 is 5.32 Å². The SMILES string of the molecule is O=C(CCCNc1ccc([N+](=O)[O-])cc1)N1CCN(C(=O)Cc2ccc(F)cc2)CC1. The number of nitrogens with one attached hydrogen (secondary N) is 1. The first-order valence-corrected chi connectivity index (χ1v) is 10.2. The number of carbonyl (C=O) groups excluding carboxylic acids is 2. The number of hydrogen-bond acceptors (Lipinski definition) is 5. The van der Waals surface area contributed by atoms with E-state index in [4.69, 9.17) is 0 Å². The van der Waals surface area contributed by atoms with Crippen LogP contribution in [0.3, 0.4) is 0 Å². The fourth-order valence-electron chi connectivity index (χ4n) is 3.43. The molecule has 0 spiro atoms. The molecule has 2 aromatic rings. The van der Waals surface area contributed by atoms with Gasteiger partial charge in [0.1, 0.15) is 5.82 Å². The number of amides is 2. The van der Waals surface area contributed by atoms with Gasteiger partial charge in [-0.1, -0.05) is 12.1 Å². The van der Waals surface area contributed by atoms with Crippen LogP contribution in [-0.4, -0.2) is 59.3 Å². The van der Waals surface area contributed by atoms with Crippen LogP contribution in [0.5, 0.6) is 0 Å². The van der Waals surface area contributed by atoms with Crippen molar-refractivity contribution in [2.75, 3.05) is 38.0 Å². The maximum atomic E-state index is 13.0. The van der Waals surface area contributed by atoms with Crippen LogP contribution in [0, 0.1) is 15.9 Å². The van der Waals surface area contributed by atoms with Gasteiger partial charge in [0.15, 0.2) is 0 Å². The van der Waals surface area contributed by atoms with Gasteiger partial charge in [0.25, 0.3) is 5.69 Å². The highest BCUT2D eigenvalue weighted by Crippen LogP contribution is 2.15. The van der Waals surface area contributed by atoms with E-state index in [9.17, 15) is 24.1 Å². The van der Waals surface area contributed by atoms with Crippen molar-refractivity contribution in [3.05, 3.63) is 70.0 Å². The monoisotopic (exact) mass is 428 g/mol. The van der Waals surface area contributed by atoms with Gasteiger partial charge < -0.3 is 15.1 Å². The van der Waals surface area contributed by atoms with E-state index in [1.54, 1.807) is 34.1 Å². The molecule has 2 aromatic carbocycles. The Morgan fingerprint density at radius 1 is 0.935 bits per heavy atom. The molecule has 0 radical (unpaired) electrons. The van der Waals surface area contributed by atoms with Gasteiger partial charge >= 0.3 is 0 Å². The molecule has 1 aliphatic heterocycles. The average molecular weight is 428 g/mol. The second-order valence-electron chi connectivity index (χ2n) is 7.40. The molecule has 0 aromatic heterocycles. The lowest BCUT2D eigenvalue weighted by atomic mass is 10.1. The second kappa shape index (κ2) is 10.5. The van der Waals surface area contributed by atoms with E-state index >= 15 is 0 Å². The highest BCUT2D eigenvalue weighted by Gasteiger charge is 2.23. The molecule has 1 aliphatic rings. The van der Waals surface area contributed by atoms with Crippen LogP contribution in [0.2, 0.25) is 0 Å². The van der Waals surface area contributed by atoms with Gasteiger partial charge in [-0.3, -0.25) is 19.7 Å². The summed E-state index contributed by atoms with van der Waals surface area (Å²) in [6.07, 6.45) is 1.26. The first kappa shape index (κ1) is 22.2. The van der Waals surface area contributed by atoms with Crippen molar-refractivity contribution in [3.8, 4) is 0 Å². The lowest BCUT2D eigenvalue weighted by Gasteiger charge is -2.35. The lowest BCUT2D eigenvalue weighted by Crippen LogP contribution is -2.51. The Kier molecular flexibility index (Phi) is 7.53. The number of nitro benzene ring substituents is 1. The van der Waals surface area contributed by atoms with E-state index in [2.05, 4.69) is 5.32 Å². The molecule has 1 N–H and O–H groups in total. The Balaban J connectivity index is 1.34. The largest absolute Gasteiger partial charge is 0.385 e. The maximum absolute atomic E-state index is 13.0. The smallest absolute Gasteiger partial charge is 0.269 e. The summed E-state index contributed by atoms with van der Waals surface area (Å²) in [5.74, 6) is -0.298. The molecule has 1 heterocycles. The summed E-state index contributed by atoms with van der Waals surface area (Å²) in [6.45, 7) is 2.58. The maximum Gasteiger partial charge on any atom is 0.269 e. The van der Waals surface area contributed by atoms with Gasteiger partial charge in [-0.05, 0) is 36.2 Å². The number of rotatable bonds is 8. The predicted molar refractivity (Wildman–Crippen MR) is 114 cm³/mol. The third kappa shape index (κ3) is 6.50. The number of halogens is 1. The molecule has 9 heteroatoms. The van der Waals surface area contributed by atoms with Crippen LogP contribution in [0.4, 0.5) is 15.8 Å². The normalized spacial score (nSPS) is 13.7. The molecule has 0 unspecified atom stereocenters. The van der Waals surface area contributed by atoms with Crippen LogP contribution in [0.1, 0.15) is 18.4 Å². The quantitative estimate of drug-likeness (QED) is 0.396. The summed E-state index contributed by atoms with van der Waals surface area (Å²) >= 11 is 0. The van der Waals surface area contributed by atoms with Crippen molar-refractivity contribution in [1.82, 2.24) is 9.80 Å². The van der Waals surface area contributed by atoms with E-state index in [-0.39, 0.29) is 29.7 Å². The number of benzene rings is 2. The highest BCUT2D eigenvalue weighted by molar-refractivity contribution is 5.80. The molecule has 31 heavy (non-hydrogen) atoms. The van der Waals surface area contributed by atoms with Crippen molar-refractivity contribution in [3.63, 3.8) is 0 Å². The molecule has 1 saturated heterocycles. The molecule has 0 atom stereocenters. The van der Waals surface area contributed by atoms with Gasteiger partial charge in [0.05, 0.1) is 11.3 Å². The number of anilines is 1. The van der Waals surface area contributed by atoms with E-state index in [1.165, 1.54) is 24.3 Å². The molecule has 3 rings (SSSR count). The molecular weight excluding hydrogens is 403 g/mol. The molecule has 0 saturated carbocycles. The number of nitrogens with zero attached hydrogens (tertiary/aromatic N) is 3. The lowest BCUT2D eigenvalue weighted by molar-refractivity contribution is -0.384. The van der Waals surface area contributed by atoms with Gasteiger partial charge in [0.2, 0.25) is 11.8 Å². The Hall–Kier alpha value is -3.49. The summed E-state index contributed by atoms with van der Waals surface area (Å²) in [5, 5.41) is 13.8. The van der Waals surface area contributed by atoms with Crippen molar-refractivity contribution in [1.29, 1.82) is 0 Å². The molecule has 2 amide bonds. The third-order valence-electron chi connectivity index (χ3n) is 5.23. The van der Waals surface area contributed by atoms with E-state index < -0.39 is 4.92 Å². The van der Waals surface area contributed by atoms with Crippen LogP contribution in [0.15, 0.2) is 48.5 Å². The third-order valence-corrected chi connectivity index (χ3v) is 5.23. The second-order valence-corrected chi connectivity index (χ2v) is 7.40. The van der Waals surface area contributed by atoms with E-state index in [1.807, 2.05) is 0 Å². The molecule has 0 aliphatic carbocycles. The average Bonchev–Trinajstić information content (AvgIpc) is 2.78. The molecular formula is C22H25FN4O4. The van der Waals surface area contributed by atoms with Gasteiger partial charge in [-0.2, -0.15) is 0 Å². The Bertz CT molecular complexity index is 910. The fourth-order valence-corrected chi connectivity index (χ4v) is 3.43. The van der Waals surface area contributed by atoms with Gasteiger partial charge in [-0.15, -0.1) is 0 Å². The standard InChI is InChI=1S/C22H25FN4O4/c23-18-5-3-17(4-6-18)16-22(29)26-14-12-25(13-15-26)21(28)2-1-11-24-19-7-9-20(10-8-19)27(30)31/h3-10,24H,1-2,11-16H2. The number of hydrogen-bond donors (Lipinski definition) is 1. The van der Waals surface area contributed by atoms with Gasteiger partial charge in [-0.25, -0.2) is 4.39 Å². The zero-order valence-corrected chi connectivity index (χ0v) is 17.1. The Morgan fingerprint density at radius 2 is 1.52 bits per heavy atom. The Labute approximate surface area is 179 Å². The molecule has 1 fully saturated rings. The van der Waals surface area contributed by atoms with E-state index in [0.29, 0.717) is 45.6 Å². The summed E-state index contributed by atoms with van der Waals surface area (Å²) in [7, 11) is 0. The van der Waals surface area contributed by atoms with Crippen LogP contribution >= 0.6 is 0 Å². The van der Waals surface area contributed by atoms with E-state index in [0.717, 1.165) is 11.3 Å². The number of carbonyl (C=O) groups is 2. The number of piperazine rings is 1. The minimum atomic E-state index is -0.446. The zero-order chi connectivity index (χ0) is 22.2. The van der Waals surface area contributed by atoms with Crippen molar-refractivity contribution >= 4 is 23.2 Å². The summed E-state index contributed by atoms with van der Waals surface area (Å²) in [6, 6.07) is 12.1.